The molecule has 0 aromatic heterocycles. The van der Waals surface area contributed by atoms with Crippen molar-refractivity contribution >= 4 is 0 Å². The van der Waals surface area contributed by atoms with E-state index in [4.69, 9.17) is 9.57 Å². The molecule has 1 atom stereocenters. The van der Waals surface area contributed by atoms with Crippen molar-refractivity contribution in [3.63, 3.8) is 0 Å². The van der Waals surface area contributed by atoms with E-state index in [0.29, 0.717) is 12.3 Å². The van der Waals surface area contributed by atoms with Crippen LogP contribution in [0, 0.1) is 0 Å². The van der Waals surface area contributed by atoms with Crippen molar-refractivity contribution in [2.45, 2.75) is 26.9 Å². The predicted molar refractivity (Wildman–Crippen MR) is 93.1 cm³/mol. The van der Waals surface area contributed by atoms with Crippen LogP contribution in [0.2, 0.25) is 0 Å². The van der Waals surface area contributed by atoms with E-state index in [1.54, 1.807) is 11.1 Å². The van der Waals surface area contributed by atoms with Gasteiger partial charge in [-0.25, -0.2) is 0 Å². The number of rotatable bonds is 7. The molecular weight excluding hydrogens is 290 g/mol. The number of phenols is 1. The highest BCUT2D eigenvalue weighted by atomic mass is 16.7. The van der Waals surface area contributed by atoms with E-state index >= 15 is 0 Å². The average molecular weight is 315 g/mol. The molecule has 4 heteroatoms. The zero-order valence-corrected chi connectivity index (χ0v) is 12.9. The molecule has 0 bridgehead atoms. The Morgan fingerprint density at radius 3 is 2.48 bits per heavy atom. The number of aromatic hydroxyl groups is 1. The summed E-state index contributed by atoms with van der Waals surface area (Å²) in [6.07, 6.45) is 1.39. The first-order chi connectivity index (χ1) is 10.7. The minimum Gasteiger partial charge on any atom is -0.504 e. The van der Waals surface area contributed by atoms with Crippen molar-refractivity contribution in [3.05, 3.63) is 72.5 Å². The van der Waals surface area contributed by atoms with Crippen LogP contribution in [0.15, 0.2) is 61.4 Å². The minimum absolute atomic E-state index is 0. The van der Waals surface area contributed by atoms with Crippen LogP contribution in [-0.2, 0) is 11.4 Å². The van der Waals surface area contributed by atoms with Crippen LogP contribution in [0.3, 0.4) is 0 Å². The molecular formula is C19H25NO3. The SMILES string of the molecule is C.C=CON(Cc1ccccc1)[C@@H](C)c1cccc(OC)c1O. The van der Waals surface area contributed by atoms with Crippen molar-refractivity contribution < 1.29 is 14.7 Å². The lowest BCUT2D eigenvalue weighted by Gasteiger charge is -2.28. The highest BCUT2D eigenvalue weighted by molar-refractivity contribution is 5.46. The van der Waals surface area contributed by atoms with Gasteiger partial charge in [0.15, 0.2) is 11.5 Å². The molecule has 4 nitrogen and oxygen atoms in total. The Morgan fingerprint density at radius 2 is 1.87 bits per heavy atom. The van der Waals surface area contributed by atoms with Crippen molar-refractivity contribution in [2.75, 3.05) is 7.11 Å². The molecule has 0 saturated carbocycles. The zero-order valence-electron chi connectivity index (χ0n) is 12.9. The Labute approximate surface area is 138 Å². The van der Waals surface area contributed by atoms with E-state index in [0.717, 1.165) is 11.1 Å². The van der Waals surface area contributed by atoms with Gasteiger partial charge in [0, 0.05) is 5.56 Å². The van der Waals surface area contributed by atoms with Crippen LogP contribution in [0.25, 0.3) is 0 Å². The maximum Gasteiger partial charge on any atom is 0.162 e. The fraction of sp³-hybridized carbons (Fsp3) is 0.263. The molecule has 0 fully saturated rings. The van der Waals surface area contributed by atoms with E-state index in [2.05, 4.69) is 6.58 Å². The molecule has 124 valence electrons. The maximum atomic E-state index is 10.3. The molecule has 0 aliphatic carbocycles. The standard InChI is InChI=1S/C18H21NO3.CH4/c1-4-22-19(13-15-9-6-5-7-10-15)14(2)16-11-8-12-17(21-3)18(16)20;/h4-12,14,20H,1,13H2,2-3H3;1H4/t14-;/m0./s1. The third kappa shape index (κ3) is 4.50. The van der Waals surface area contributed by atoms with Crippen LogP contribution in [-0.4, -0.2) is 17.3 Å². The van der Waals surface area contributed by atoms with Gasteiger partial charge in [0.1, 0.15) is 6.26 Å². The number of phenolic OH excluding ortho intramolecular Hbond substituents is 1. The molecule has 0 radical (unpaired) electrons. The minimum atomic E-state index is -0.173. The third-order valence-corrected chi connectivity index (χ3v) is 3.52. The average Bonchev–Trinajstić information content (AvgIpc) is 2.55. The highest BCUT2D eigenvalue weighted by Gasteiger charge is 2.21. The summed E-state index contributed by atoms with van der Waals surface area (Å²) in [7, 11) is 1.53. The first kappa shape index (κ1) is 18.6. The Hall–Kier alpha value is -2.46. The van der Waals surface area contributed by atoms with Crippen molar-refractivity contribution in [2.24, 2.45) is 0 Å². The second-order valence-electron chi connectivity index (χ2n) is 4.91. The lowest BCUT2D eigenvalue weighted by Crippen LogP contribution is -2.25. The molecule has 2 rings (SSSR count). The lowest BCUT2D eigenvalue weighted by atomic mass is 10.1. The van der Waals surface area contributed by atoms with Crippen LogP contribution in [0.4, 0.5) is 0 Å². The Kier molecular flexibility index (Phi) is 7.16. The molecule has 0 unspecified atom stereocenters. The number of nitrogens with zero attached hydrogens (tertiary/aromatic N) is 1. The largest absolute Gasteiger partial charge is 0.504 e. The molecule has 2 aromatic carbocycles. The molecule has 1 N–H and O–H groups in total. The summed E-state index contributed by atoms with van der Waals surface area (Å²) in [5.74, 6) is 0.575. The number of hydroxylamine groups is 2. The zero-order chi connectivity index (χ0) is 15.9. The number of para-hydroxylation sites is 1. The van der Waals surface area contributed by atoms with Gasteiger partial charge in [0.05, 0.1) is 19.7 Å². The van der Waals surface area contributed by atoms with Gasteiger partial charge in [-0.1, -0.05) is 56.5 Å². The van der Waals surface area contributed by atoms with Gasteiger partial charge >= 0.3 is 0 Å². The predicted octanol–water partition coefficient (Wildman–Crippen LogP) is 4.68. The van der Waals surface area contributed by atoms with E-state index in [-0.39, 0.29) is 19.2 Å². The molecule has 0 heterocycles. The van der Waals surface area contributed by atoms with Crippen molar-refractivity contribution in [1.82, 2.24) is 5.06 Å². The first-order valence-corrected chi connectivity index (χ1v) is 7.11. The monoisotopic (exact) mass is 315 g/mol. The quantitative estimate of drug-likeness (QED) is 0.595. The first-order valence-electron chi connectivity index (χ1n) is 7.11. The molecule has 0 aliphatic rings. The molecule has 2 aromatic rings. The number of methoxy groups -OCH3 is 1. The van der Waals surface area contributed by atoms with Gasteiger partial charge in [-0.05, 0) is 18.6 Å². The van der Waals surface area contributed by atoms with Crippen molar-refractivity contribution in [3.8, 4) is 11.5 Å². The normalized spacial score (nSPS) is 11.4. The summed E-state index contributed by atoms with van der Waals surface area (Å²) in [4.78, 5) is 5.54. The summed E-state index contributed by atoms with van der Waals surface area (Å²) < 4.78 is 5.16. The fourth-order valence-electron chi connectivity index (χ4n) is 2.32. The topological polar surface area (TPSA) is 41.9 Å². The van der Waals surface area contributed by atoms with Crippen LogP contribution in [0.1, 0.15) is 31.5 Å². The second-order valence-corrected chi connectivity index (χ2v) is 4.91. The van der Waals surface area contributed by atoms with E-state index < -0.39 is 0 Å². The van der Waals surface area contributed by atoms with Gasteiger partial charge < -0.3 is 14.7 Å². The van der Waals surface area contributed by atoms with Gasteiger partial charge in [0.2, 0.25) is 0 Å². The van der Waals surface area contributed by atoms with E-state index in [9.17, 15) is 5.11 Å². The Morgan fingerprint density at radius 1 is 1.17 bits per heavy atom. The smallest absolute Gasteiger partial charge is 0.162 e. The lowest BCUT2D eigenvalue weighted by molar-refractivity contribution is -0.142. The van der Waals surface area contributed by atoms with Crippen LogP contribution in [0.5, 0.6) is 11.5 Å². The summed E-state index contributed by atoms with van der Waals surface area (Å²) in [5, 5.41) is 12.1. The number of hydrogen-bond donors (Lipinski definition) is 1. The number of ether oxygens (including phenoxy) is 1. The number of benzene rings is 2. The third-order valence-electron chi connectivity index (χ3n) is 3.52. The van der Waals surface area contributed by atoms with Gasteiger partial charge in [-0.2, -0.15) is 0 Å². The van der Waals surface area contributed by atoms with Crippen LogP contribution >= 0.6 is 0 Å². The Bertz CT molecular complexity index is 613. The van der Waals surface area contributed by atoms with Crippen molar-refractivity contribution in [1.29, 1.82) is 0 Å². The fourth-order valence-corrected chi connectivity index (χ4v) is 2.32. The van der Waals surface area contributed by atoms with E-state index in [1.165, 1.54) is 13.4 Å². The Balaban J connectivity index is 0.00000264. The molecule has 0 saturated heterocycles. The number of hydrogen-bond acceptors (Lipinski definition) is 4. The van der Waals surface area contributed by atoms with Gasteiger partial charge in [0.25, 0.3) is 0 Å². The molecule has 0 spiro atoms. The molecule has 0 aliphatic heterocycles. The molecule has 0 amide bonds. The van der Waals surface area contributed by atoms with E-state index in [1.807, 2.05) is 49.4 Å². The summed E-state index contributed by atoms with van der Waals surface area (Å²) in [6.45, 7) is 6.16. The summed E-state index contributed by atoms with van der Waals surface area (Å²) in [5.41, 5.74) is 1.84. The van der Waals surface area contributed by atoms with Gasteiger partial charge in [-0.15, -0.1) is 5.06 Å². The van der Waals surface area contributed by atoms with Gasteiger partial charge in [-0.3, -0.25) is 0 Å². The van der Waals surface area contributed by atoms with Crippen LogP contribution < -0.4 is 4.74 Å². The second kappa shape index (κ2) is 8.86. The molecule has 23 heavy (non-hydrogen) atoms. The summed E-state index contributed by atoms with van der Waals surface area (Å²) in [6, 6.07) is 15.2. The highest BCUT2D eigenvalue weighted by Crippen LogP contribution is 2.36. The maximum absolute atomic E-state index is 10.3. The summed E-state index contributed by atoms with van der Waals surface area (Å²) >= 11 is 0.